The van der Waals surface area contributed by atoms with E-state index in [9.17, 15) is 19.5 Å². The largest absolute Gasteiger partial charge is 0.489 e. The standard InChI is InChI=1S/C46H42Cl2N4O7/c1-46(2,3)51-45(56)52-24-34-22-41-40(58-26-42(59-41)32-13-15-35(16-14-32)57-25-29-8-17-36(47)37(48)18-29)21-33(34)20-39(52)43(53)50-38(44(54)55)19-27-4-9-30(10-5-27)31-11-6-28(23-49)7-12-31/h4-18,21-22,38-39,42H,19-20,24-26H2,1-3H3,(H,50,53)(H,51,56)(H,54,55)/t38-,39-,42?/m0/s1. The van der Waals surface area contributed by atoms with Gasteiger partial charge in [0.15, 0.2) is 17.6 Å². The average molecular weight is 834 g/mol. The van der Waals surface area contributed by atoms with E-state index in [4.69, 9.17) is 42.7 Å². The predicted octanol–water partition coefficient (Wildman–Crippen LogP) is 8.67. The van der Waals surface area contributed by atoms with E-state index in [1.165, 1.54) is 4.90 Å². The highest BCUT2D eigenvalue weighted by Crippen LogP contribution is 2.41. The normalized spacial score (nSPS) is 16.2. The quantitative estimate of drug-likeness (QED) is 0.127. The van der Waals surface area contributed by atoms with Crippen molar-refractivity contribution in [2.45, 2.75) is 70.5 Å². The molecule has 7 rings (SSSR count). The number of amides is 3. The van der Waals surface area contributed by atoms with Crippen LogP contribution in [0.2, 0.25) is 10.0 Å². The van der Waals surface area contributed by atoms with Gasteiger partial charge < -0.3 is 34.9 Å². The fraction of sp³-hybridized carbons (Fsp3) is 0.261. The van der Waals surface area contributed by atoms with Crippen molar-refractivity contribution in [3.05, 3.63) is 147 Å². The maximum Gasteiger partial charge on any atom is 0.326 e. The van der Waals surface area contributed by atoms with Gasteiger partial charge in [-0.15, -0.1) is 0 Å². The summed E-state index contributed by atoms with van der Waals surface area (Å²) in [5, 5.41) is 25.9. The SMILES string of the molecule is CC(C)(C)NC(=O)N1Cc2cc3c(cc2C[C@H]1C(=O)N[C@@H](Cc1ccc(-c2ccc(C#N)cc2)cc1)C(=O)O)OCC(c1ccc(OCc2ccc(Cl)c(Cl)c2)cc1)O3. The van der Waals surface area contributed by atoms with Gasteiger partial charge in [-0.2, -0.15) is 5.26 Å². The second-order valence-electron chi connectivity index (χ2n) is 15.6. The number of fused-ring (bicyclic) bond motifs is 2. The molecule has 11 nitrogen and oxygen atoms in total. The van der Waals surface area contributed by atoms with Gasteiger partial charge in [-0.3, -0.25) is 4.79 Å². The summed E-state index contributed by atoms with van der Waals surface area (Å²) >= 11 is 12.2. The predicted molar refractivity (Wildman–Crippen MR) is 224 cm³/mol. The number of carbonyl (C=O) groups is 3. The number of urea groups is 1. The Hall–Kier alpha value is -6.22. The third-order valence-electron chi connectivity index (χ3n) is 10.1. The molecule has 59 heavy (non-hydrogen) atoms. The molecule has 3 atom stereocenters. The van der Waals surface area contributed by atoms with Gasteiger partial charge in [-0.25, -0.2) is 9.59 Å². The number of benzene rings is 5. The summed E-state index contributed by atoms with van der Waals surface area (Å²) in [4.78, 5) is 41.8. The lowest BCUT2D eigenvalue weighted by Crippen LogP contribution is -2.59. The van der Waals surface area contributed by atoms with Crippen LogP contribution in [0.1, 0.15) is 60.3 Å². The van der Waals surface area contributed by atoms with Gasteiger partial charge in [0, 0.05) is 24.9 Å². The van der Waals surface area contributed by atoms with Crippen LogP contribution in [0.25, 0.3) is 11.1 Å². The minimum Gasteiger partial charge on any atom is -0.489 e. The number of carbonyl (C=O) groups excluding carboxylic acids is 2. The van der Waals surface area contributed by atoms with Crippen LogP contribution < -0.4 is 24.8 Å². The number of hydrogen-bond donors (Lipinski definition) is 3. The van der Waals surface area contributed by atoms with Crippen LogP contribution >= 0.6 is 23.2 Å². The third-order valence-corrected chi connectivity index (χ3v) is 10.8. The molecule has 13 heteroatoms. The Bertz CT molecular complexity index is 2410. The first-order chi connectivity index (χ1) is 28.2. The second kappa shape index (κ2) is 17.3. The van der Waals surface area contributed by atoms with Crippen molar-refractivity contribution in [1.29, 1.82) is 5.26 Å². The molecule has 3 amide bonds. The molecule has 302 valence electrons. The molecule has 0 radical (unpaired) electrons. The number of hydrogen-bond acceptors (Lipinski definition) is 7. The lowest BCUT2D eigenvalue weighted by Gasteiger charge is -2.39. The van der Waals surface area contributed by atoms with Crippen LogP contribution in [0.15, 0.2) is 103 Å². The third kappa shape index (κ3) is 9.91. The van der Waals surface area contributed by atoms with E-state index in [1.54, 1.807) is 24.3 Å². The number of rotatable bonds is 10. The highest BCUT2D eigenvalue weighted by atomic mass is 35.5. The summed E-state index contributed by atoms with van der Waals surface area (Å²) in [5.41, 5.74) is 5.82. The highest BCUT2D eigenvalue weighted by Gasteiger charge is 2.39. The first-order valence-electron chi connectivity index (χ1n) is 19.1. The average Bonchev–Trinajstić information content (AvgIpc) is 3.22. The lowest BCUT2D eigenvalue weighted by atomic mass is 9.92. The Morgan fingerprint density at radius 2 is 1.54 bits per heavy atom. The fourth-order valence-corrected chi connectivity index (χ4v) is 7.33. The van der Waals surface area contributed by atoms with Crippen molar-refractivity contribution < 1.29 is 33.7 Å². The number of carboxylic acids is 1. The van der Waals surface area contributed by atoms with E-state index in [0.717, 1.165) is 33.4 Å². The second-order valence-corrected chi connectivity index (χ2v) is 16.4. The molecule has 5 aromatic carbocycles. The maximum absolute atomic E-state index is 14.0. The van der Waals surface area contributed by atoms with Crippen molar-refractivity contribution >= 4 is 41.1 Å². The Morgan fingerprint density at radius 1 is 0.881 bits per heavy atom. The summed E-state index contributed by atoms with van der Waals surface area (Å²) in [6, 6.07) is 30.5. The zero-order chi connectivity index (χ0) is 41.8. The molecule has 0 fully saturated rings. The Labute approximate surface area is 352 Å². The number of ether oxygens (including phenoxy) is 3. The molecule has 5 aromatic rings. The monoisotopic (exact) mass is 832 g/mol. The van der Waals surface area contributed by atoms with Crippen LogP contribution in [0.5, 0.6) is 17.2 Å². The van der Waals surface area contributed by atoms with Crippen LogP contribution in [0.3, 0.4) is 0 Å². The number of halogens is 2. The molecule has 0 aromatic heterocycles. The summed E-state index contributed by atoms with van der Waals surface area (Å²) < 4.78 is 18.6. The van der Waals surface area contributed by atoms with E-state index in [0.29, 0.717) is 45.0 Å². The van der Waals surface area contributed by atoms with E-state index >= 15 is 0 Å². The Balaban J connectivity index is 1.04. The van der Waals surface area contributed by atoms with Crippen LogP contribution in [-0.2, 0) is 35.6 Å². The summed E-state index contributed by atoms with van der Waals surface area (Å²) in [5.74, 6) is -0.0873. The lowest BCUT2D eigenvalue weighted by molar-refractivity contribution is -0.142. The highest BCUT2D eigenvalue weighted by molar-refractivity contribution is 6.42. The van der Waals surface area contributed by atoms with Gasteiger partial charge in [-0.1, -0.05) is 77.8 Å². The van der Waals surface area contributed by atoms with Crippen molar-refractivity contribution in [1.82, 2.24) is 15.5 Å². The molecule has 0 aliphatic carbocycles. The van der Waals surface area contributed by atoms with E-state index < -0.39 is 41.6 Å². The molecule has 0 spiro atoms. The van der Waals surface area contributed by atoms with E-state index in [-0.39, 0.29) is 26.0 Å². The van der Waals surface area contributed by atoms with Crippen molar-refractivity contribution in [2.75, 3.05) is 6.61 Å². The minimum atomic E-state index is -1.25. The zero-order valence-corrected chi connectivity index (χ0v) is 34.1. The van der Waals surface area contributed by atoms with Gasteiger partial charge >= 0.3 is 12.0 Å². The molecule has 1 unspecified atom stereocenters. The van der Waals surface area contributed by atoms with Crippen molar-refractivity contribution in [2.24, 2.45) is 0 Å². The number of nitrogens with one attached hydrogen (secondary N) is 2. The fourth-order valence-electron chi connectivity index (χ4n) is 7.00. The number of carboxylic acid groups (broad SMARTS) is 1. The molecule has 2 heterocycles. The molecule has 0 bridgehead atoms. The first kappa shape index (κ1) is 41.0. The first-order valence-corrected chi connectivity index (χ1v) is 19.8. The van der Waals surface area contributed by atoms with Gasteiger partial charge in [-0.05, 0) is 108 Å². The summed E-state index contributed by atoms with van der Waals surface area (Å²) in [6.07, 6.45) is -0.249. The van der Waals surface area contributed by atoms with Crippen molar-refractivity contribution in [3.63, 3.8) is 0 Å². The summed E-state index contributed by atoms with van der Waals surface area (Å²) in [7, 11) is 0. The topological polar surface area (TPSA) is 150 Å². The van der Waals surface area contributed by atoms with Gasteiger partial charge in [0.1, 0.15) is 31.0 Å². The molecule has 2 aliphatic heterocycles. The number of aliphatic carboxylic acids is 1. The zero-order valence-electron chi connectivity index (χ0n) is 32.6. The van der Waals surface area contributed by atoms with E-state index in [2.05, 4.69) is 16.7 Å². The molecule has 0 saturated carbocycles. The molecular weight excluding hydrogens is 791 g/mol. The molecule has 2 aliphatic rings. The van der Waals surface area contributed by atoms with Gasteiger partial charge in [0.2, 0.25) is 5.91 Å². The number of nitriles is 1. The van der Waals surface area contributed by atoms with Crippen LogP contribution in [0.4, 0.5) is 4.79 Å². The summed E-state index contributed by atoms with van der Waals surface area (Å²) in [6.45, 7) is 6.19. The van der Waals surface area contributed by atoms with Crippen LogP contribution in [-0.4, -0.2) is 52.1 Å². The Kier molecular flexibility index (Phi) is 12.0. The molecular formula is C46H42Cl2N4O7. The van der Waals surface area contributed by atoms with E-state index in [1.807, 2.05) is 99.6 Å². The molecule has 0 saturated heterocycles. The molecule has 3 N–H and O–H groups in total. The smallest absolute Gasteiger partial charge is 0.326 e. The number of nitrogens with zero attached hydrogens (tertiary/aromatic N) is 2. The van der Waals surface area contributed by atoms with Crippen molar-refractivity contribution in [3.8, 4) is 34.4 Å². The van der Waals surface area contributed by atoms with Crippen LogP contribution in [0, 0.1) is 11.3 Å². The van der Waals surface area contributed by atoms with Gasteiger partial charge in [0.25, 0.3) is 0 Å². The maximum atomic E-state index is 14.0. The minimum absolute atomic E-state index is 0.0283. The van der Waals surface area contributed by atoms with Gasteiger partial charge in [0.05, 0.1) is 21.7 Å². The Morgan fingerprint density at radius 3 is 2.19 bits per heavy atom.